The van der Waals surface area contributed by atoms with E-state index in [4.69, 9.17) is 10.8 Å². The first kappa shape index (κ1) is 12.4. The number of carbonyl (C=O) groups is 1. The molecule has 0 radical (unpaired) electrons. The number of rotatable bonds is 4. The van der Waals surface area contributed by atoms with E-state index in [9.17, 15) is 9.59 Å². The molecule has 0 aliphatic carbocycles. The highest BCUT2D eigenvalue weighted by Crippen LogP contribution is 1.91. The Labute approximate surface area is 92.5 Å². The number of nitrogens with two attached hydrogens (primary N) is 1. The van der Waals surface area contributed by atoms with Crippen molar-refractivity contribution in [1.82, 2.24) is 10.3 Å². The van der Waals surface area contributed by atoms with Gasteiger partial charge in [-0.15, -0.1) is 0 Å². The summed E-state index contributed by atoms with van der Waals surface area (Å²) in [5.74, 6) is -0.422. The Hall–Kier alpha value is -1.66. The van der Waals surface area contributed by atoms with E-state index < -0.39 is 18.1 Å². The molecule has 0 spiro atoms. The van der Waals surface area contributed by atoms with Gasteiger partial charge in [-0.1, -0.05) is 6.07 Å². The van der Waals surface area contributed by atoms with Gasteiger partial charge in [-0.05, 0) is 13.0 Å². The Kier molecular flexibility index (Phi) is 4.21. The fourth-order valence-corrected chi connectivity index (χ4v) is 1.06. The Morgan fingerprint density at radius 2 is 2.31 bits per heavy atom. The Morgan fingerprint density at radius 3 is 2.88 bits per heavy atom. The predicted octanol–water partition coefficient (Wildman–Crippen LogP) is -1.19. The second-order valence-electron chi connectivity index (χ2n) is 3.54. The first-order valence-corrected chi connectivity index (χ1v) is 4.92. The minimum Gasteiger partial charge on any atom is -0.392 e. The number of nitrogens with one attached hydrogen (secondary N) is 2. The van der Waals surface area contributed by atoms with Crippen LogP contribution in [0.4, 0.5) is 0 Å². The first-order chi connectivity index (χ1) is 7.50. The maximum absolute atomic E-state index is 11.5. The standard InChI is InChI=1S/C10H15N3O3/c1-6(14)7(11)5-12-10(16)8-3-2-4-9(15)13-8/h2-4,6-7,14H,5,11H2,1H3,(H,12,16)(H,13,15). The smallest absolute Gasteiger partial charge is 0.267 e. The lowest BCUT2D eigenvalue weighted by Gasteiger charge is -2.14. The van der Waals surface area contributed by atoms with Crippen LogP contribution >= 0.6 is 0 Å². The van der Waals surface area contributed by atoms with E-state index >= 15 is 0 Å². The number of amides is 1. The molecule has 2 atom stereocenters. The molecule has 0 saturated carbocycles. The van der Waals surface area contributed by atoms with Crippen LogP contribution in [0.15, 0.2) is 23.0 Å². The van der Waals surface area contributed by atoms with E-state index in [-0.39, 0.29) is 17.8 Å². The molecule has 0 saturated heterocycles. The molecule has 16 heavy (non-hydrogen) atoms. The molecular weight excluding hydrogens is 210 g/mol. The van der Waals surface area contributed by atoms with Crippen molar-refractivity contribution in [3.8, 4) is 0 Å². The Bertz CT molecular complexity index is 414. The third kappa shape index (κ3) is 3.48. The number of H-pyrrole nitrogens is 1. The number of hydrogen-bond acceptors (Lipinski definition) is 4. The van der Waals surface area contributed by atoms with Gasteiger partial charge < -0.3 is 21.1 Å². The molecule has 0 aromatic carbocycles. The fourth-order valence-electron chi connectivity index (χ4n) is 1.06. The fraction of sp³-hybridized carbons (Fsp3) is 0.400. The summed E-state index contributed by atoms with van der Waals surface area (Å²) in [5, 5.41) is 11.6. The molecule has 0 fully saturated rings. The van der Waals surface area contributed by atoms with Gasteiger partial charge in [0, 0.05) is 18.7 Å². The molecule has 1 amide bonds. The first-order valence-electron chi connectivity index (χ1n) is 4.92. The molecule has 88 valence electrons. The largest absolute Gasteiger partial charge is 0.392 e. The van der Waals surface area contributed by atoms with Crippen molar-refractivity contribution >= 4 is 5.91 Å². The number of aliphatic hydroxyl groups is 1. The van der Waals surface area contributed by atoms with Gasteiger partial charge >= 0.3 is 0 Å². The zero-order valence-corrected chi connectivity index (χ0v) is 8.93. The second kappa shape index (κ2) is 5.43. The highest BCUT2D eigenvalue weighted by molar-refractivity contribution is 5.92. The van der Waals surface area contributed by atoms with Crippen molar-refractivity contribution in [3.05, 3.63) is 34.2 Å². The predicted molar refractivity (Wildman–Crippen MR) is 59.1 cm³/mol. The summed E-state index contributed by atoms with van der Waals surface area (Å²) in [6, 6.07) is 3.77. The zero-order chi connectivity index (χ0) is 12.1. The van der Waals surface area contributed by atoms with Crippen LogP contribution in [0.3, 0.4) is 0 Å². The summed E-state index contributed by atoms with van der Waals surface area (Å²) < 4.78 is 0. The van der Waals surface area contributed by atoms with E-state index in [1.54, 1.807) is 6.92 Å². The van der Waals surface area contributed by atoms with E-state index in [1.807, 2.05) is 0 Å². The van der Waals surface area contributed by atoms with Crippen molar-refractivity contribution in [2.45, 2.75) is 19.1 Å². The molecule has 0 bridgehead atoms. The number of hydrogen-bond donors (Lipinski definition) is 4. The molecular formula is C10H15N3O3. The number of pyridine rings is 1. The molecule has 1 heterocycles. The van der Waals surface area contributed by atoms with E-state index in [2.05, 4.69) is 10.3 Å². The molecule has 6 heteroatoms. The van der Waals surface area contributed by atoms with Gasteiger partial charge in [-0.25, -0.2) is 0 Å². The molecule has 6 nitrogen and oxygen atoms in total. The number of aromatic amines is 1. The van der Waals surface area contributed by atoms with Gasteiger partial charge in [0.2, 0.25) is 5.56 Å². The number of carbonyl (C=O) groups excluding carboxylic acids is 1. The maximum Gasteiger partial charge on any atom is 0.267 e. The van der Waals surface area contributed by atoms with Crippen LogP contribution in [-0.4, -0.2) is 34.7 Å². The zero-order valence-electron chi connectivity index (χ0n) is 8.93. The van der Waals surface area contributed by atoms with Gasteiger partial charge in [0.25, 0.3) is 5.91 Å². The molecule has 1 aromatic heterocycles. The average Bonchev–Trinajstić information content (AvgIpc) is 2.25. The highest BCUT2D eigenvalue weighted by atomic mass is 16.3. The molecule has 0 aliphatic heterocycles. The third-order valence-electron chi connectivity index (χ3n) is 2.13. The van der Waals surface area contributed by atoms with E-state index in [0.717, 1.165) is 0 Å². The van der Waals surface area contributed by atoms with Crippen LogP contribution in [0.5, 0.6) is 0 Å². The Morgan fingerprint density at radius 1 is 1.62 bits per heavy atom. The summed E-state index contributed by atoms with van der Waals surface area (Å²) in [7, 11) is 0. The van der Waals surface area contributed by atoms with Crippen molar-refractivity contribution < 1.29 is 9.90 Å². The summed E-state index contributed by atoms with van der Waals surface area (Å²) in [5.41, 5.74) is 5.37. The average molecular weight is 225 g/mol. The normalized spacial score (nSPS) is 14.2. The monoisotopic (exact) mass is 225 g/mol. The van der Waals surface area contributed by atoms with Crippen molar-refractivity contribution in [2.24, 2.45) is 5.73 Å². The van der Waals surface area contributed by atoms with Crippen LogP contribution < -0.4 is 16.6 Å². The van der Waals surface area contributed by atoms with Gasteiger partial charge in [0.05, 0.1) is 6.10 Å². The minimum absolute atomic E-state index is 0.146. The molecule has 1 rings (SSSR count). The molecule has 2 unspecified atom stereocenters. The van der Waals surface area contributed by atoms with Gasteiger partial charge in [0.1, 0.15) is 5.69 Å². The third-order valence-corrected chi connectivity index (χ3v) is 2.13. The van der Waals surface area contributed by atoms with Crippen LogP contribution in [-0.2, 0) is 0 Å². The summed E-state index contributed by atoms with van der Waals surface area (Å²) in [6.45, 7) is 1.69. The molecule has 5 N–H and O–H groups in total. The lowest BCUT2D eigenvalue weighted by Crippen LogP contribution is -2.44. The summed E-state index contributed by atoms with van der Waals surface area (Å²) >= 11 is 0. The number of aliphatic hydroxyl groups excluding tert-OH is 1. The minimum atomic E-state index is -0.699. The van der Waals surface area contributed by atoms with Gasteiger partial charge in [0.15, 0.2) is 0 Å². The van der Waals surface area contributed by atoms with Crippen LogP contribution in [0.1, 0.15) is 17.4 Å². The lowest BCUT2D eigenvalue weighted by atomic mass is 10.2. The quantitative estimate of drug-likeness (QED) is 0.517. The van der Waals surface area contributed by atoms with Crippen LogP contribution in [0.2, 0.25) is 0 Å². The van der Waals surface area contributed by atoms with E-state index in [1.165, 1.54) is 18.2 Å². The van der Waals surface area contributed by atoms with Crippen molar-refractivity contribution in [1.29, 1.82) is 0 Å². The Balaban J connectivity index is 2.57. The second-order valence-corrected chi connectivity index (χ2v) is 3.54. The van der Waals surface area contributed by atoms with Crippen molar-refractivity contribution in [2.75, 3.05) is 6.54 Å². The SMILES string of the molecule is CC(O)C(N)CNC(=O)c1cccc(=O)[nH]1. The van der Waals surface area contributed by atoms with Crippen LogP contribution in [0.25, 0.3) is 0 Å². The van der Waals surface area contributed by atoms with Gasteiger partial charge in [-0.3, -0.25) is 9.59 Å². The lowest BCUT2D eigenvalue weighted by molar-refractivity contribution is 0.0932. The maximum atomic E-state index is 11.5. The van der Waals surface area contributed by atoms with Gasteiger partial charge in [-0.2, -0.15) is 0 Å². The highest BCUT2D eigenvalue weighted by Gasteiger charge is 2.12. The van der Waals surface area contributed by atoms with E-state index in [0.29, 0.717) is 0 Å². The van der Waals surface area contributed by atoms with Crippen molar-refractivity contribution in [3.63, 3.8) is 0 Å². The summed E-state index contributed by atoms with van der Waals surface area (Å²) in [6.07, 6.45) is -0.699. The molecule has 0 aliphatic rings. The van der Waals surface area contributed by atoms with Crippen LogP contribution in [0, 0.1) is 0 Å². The topological polar surface area (TPSA) is 108 Å². The molecule has 1 aromatic rings. The number of aromatic nitrogens is 1. The summed E-state index contributed by atoms with van der Waals surface area (Å²) in [4.78, 5) is 24.8.